The molecule has 2 aromatic carbocycles. The Morgan fingerprint density at radius 1 is 1.18 bits per heavy atom. The maximum atomic E-state index is 10.8. The van der Waals surface area contributed by atoms with Gasteiger partial charge in [0.15, 0.2) is 0 Å². The Morgan fingerprint density at radius 2 is 1.91 bits per heavy atom. The molecule has 0 atom stereocenters. The molecule has 8 nitrogen and oxygen atoms in total. The third kappa shape index (κ3) is 6.72. The molecule has 1 saturated heterocycles. The van der Waals surface area contributed by atoms with E-state index in [0.29, 0.717) is 0 Å². The number of aromatic nitrogens is 1. The lowest BCUT2D eigenvalue weighted by atomic mass is 10.0. The zero-order valence-electron chi connectivity index (χ0n) is 19.2. The number of rotatable bonds is 6. The second-order valence-corrected chi connectivity index (χ2v) is 9.99. The number of aryl methyl sites for hydroxylation is 1. The fraction of sp³-hybridized carbons (Fsp3) is 0.375. The molecule has 0 saturated carbocycles. The number of piperidine rings is 1. The van der Waals surface area contributed by atoms with Crippen LogP contribution in [0.4, 0.5) is 5.69 Å². The van der Waals surface area contributed by atoms with Crippen LogP contribution in [0.1, 0.15) is 40.7 Å². The number of sulfonamides is 1. The van der Waals surface area contributed by atoms with Crippen LogP contribution in [0.5, 0.6) is 5.75 Å². The van der Waals surface area contributed by atoms with Crippen molar-refractivity contribution in [2.24, 2.45) is 0 Å². The predicted octanol–water partition coefficient (Wildman–Crippen LogP) is 4.23. The topological polar surface area (TPSA) is 112 Å². The van der Waals surface area contributed by atoms with Gasteiger partial charge in [-0.05, 0) is 68.8 Å². The number of carboxylic acid groups (broad SMARTS) is 1. The van der Waals surface area contributed by atoms with Gasteiger partial charge in [-0.1, -0.05) is 12.5 Å². The molecule has 1 aliphatic rings. The molecule has 2 heterocycles. The molecule has 1 fully saturated rings. The first-order chi connectivity index (χ1) is 15.7. The van der Waals surface area contributed by atoms with E-state index in [1.54, 1.807) is 7.11 Å². The van der Waals surface area contributed by atoms with Crippen molar-refractivity contribution in [1.29, 1.82) is 0 Å². The van der Waals surface area contributed by atoms with Crippen molar-refractivity contribution in [1.82, 2.24) is 9.88 Å². The smallest absolute Gasteiger partial charge is 0.335 e. The van der Waals surface area contributed by atoms with Crippen molar-refractivity contribution < 1.29 is 23.1 Å². The monoisotopic (exact) mass is 473 g/mol. The fourth-order valence-electron chi connectivity index (χ4n) is 4.05. The quantitative estimate of drug-likeness (QED) is 0.494. The molecule has 0 unspecified atom stereocenters. The van der Waals surface area contributed by atoms with E-state index >= 15 is 0 Å². The van der Waals surface area contributed by atoms with Gasteiger partial charge >= 0.3 is 5.97 Å². The number of hydrogen-bond donors (Lipinski definition) is 3. The van der Waals surface area contributed by atoms with Crippen LogP contribution in [0.25, 0.3) is 10.9 Å². The molecule has 0 aliphatic carbocycles. The number of methoxy groups -OCH3 is 1. The van der Waals surface area contributed by atoms with Gasteiger partial charge in [-0.25, -0.2) is 13.2 Å². The summed E-state index contributed by atoms with van der Waals surface area (Å²) in [7, 11) is -1.59. The van der Waals surface area contributed by atoms with E-state index in [9.17, 15) is 13.2 Å². The van der Waals surface area contributed by atoms with Crippen LogP contribution in [0.15, 0.2) is 42.6 Å². The highest BCUT2D eigenvalue weighted by Gasteiger charge is 2.17. The number of nitrogens with one attached hydrogen (secondary N) is 2. The Hall–Kier alpha value is -3.04. The second-order valence-electron chi connectivity index (χ2n) is 8.24. The predicted molar refractivity (Wildman–Crippen MR) is 131 cm³/mol. The van der Waals surface area contributed by atoms with Crippen molar-refractivity contribution in [2.75, 3.05) is 31.2 Å². The molecular formula is C24H31N3O5S. The number of hydrogen-bond acceptors (Lipinski definition) is 5. The largest absolute Gasteiger partial charge is 0.496 e. The minimum absolute atomic E-state index is 0.0404. The summed E-state index contributed by atoms with van der Waals surface area (Å²) < 4.78 is 29.4. The molecule has 0 spiro atoms. The third-order valence-electron chi connectivity index (χ3n) is 5.57. The summed E-state index contributed by atoms with van der Waals surface area (Å²) in [5, 5.41) is 9.94. The number of benzene rings is 2. The van der Waals surface area contributed by atoms with E-state index in [4.69, 9.17) is 9.84 Å². The van der Waals surface area contributed by atoms with E-state index in [-0.39, 0.29) is 11.3 Å². The molecule has 4 rings (SSSR count). The average Bonchev–Trinajstić information content (AvgIpc) is 3.26. The molecule has 178 valence electrons. The maximum Gasteiger partial charge on any atom is 0.335 e. The molecule has 33 heavy (non-hydrogen) atoms. The molecule has 3 aromatic rings. The number of aromatic amines is 1. The number of carboxylic acids is 1. The molecule has 1 aromatic heterocycles. The number of aromatic carboxylic acids is 1. The van der Waals surface area contributed by atoms with E-state index in [0.717, 1.165) is 18.6 Å². The van der Waals surface area contributed by atoms with Crippen LogP contribution < -0.4 is 9.46 Å². The van der Waals surface area contributed by atoms with Crippen LogP contribution in [-0.4, -0.2) is 55.8 Å². The Labute approximate surface area is 194 Å². The standard InChI is InChI=1S/C16H22N2O.C8H9NO4S/c1-12-10-15(19-2)14(13-6-7-17-16(12)13)11-18-8-4-3-5-9-18;1-14(12,13)9-7-4-2-3-6(5-7)8(10)11/h6-7,10,17H,3-5,8-9,11H2,1-2H3;2-5,9H,1H3,(H,10,11). The lowest BCUT2D eigenvalue weighted by Gasteiger charge is -2.27. The number of nitrogens with zero attached hydrogens (tertiary/aromatic N) is 1. The van der Waals surface area contributed by atoms with Gasteiger partial charge in [0.05, 0.1) is 18.9 Å². The van der Waals surface area contributed by atoms with Gasteiger partial charge in [-0.3, -0.25) is 9.62 Å². The van der Waals surface area contributed by atoms with Gasteiger partial charge in [-0.2, -0.15) is 0 Å². The van der Waals surface area contributed by atoms with Crippen LogP contribution in [0.2, 0.25) is 0 Å². The number of fused-ring (bicyclic) bond motifs is 1. The minimum atomic E-state index is -3.36. The summed E-state index contributed by atoms with van der Waals surface area (Å²) in [5.41, 5.74) is 4.10. The number of carbonyl (C=O) groups is 1. The van der Waals surface area contributed by atoms with Crippen molar-refractivity contribution in [2.45, 2.75) is 32.7 Å². The lowest BCUT2D eigenvalue weighted by Crippen LogP contribution is -2.29. The number of anilines is 1. The number of likely N-dealkylation sites (tertiary alicyclic amines) is 1. The highest BCUT2D eigenvalue weighted by molar-refractivity contribution is 7.92. The summed E-state index contributed by atoms with van der Waals surface area (Å²) in [6, 6.07) is 9.91. The van der Waals surface area contributed by atoms with E-state index in [2.05, 4.69) is 33.7 Å². The highest BCUT2D eigenvalue weighted by Crippen LogP contribution is 2.32. The summed E-state index contributed by atoms with van der Waals surface area (Å²) in [6.07, 6.45) is 7.05. The first-order valence-corrected chi connectivity index (χ1v) is 12.7. The Kier molecular flexibility index (Phi) is 7.99. The molecule has 3 N–H and O–H groups in total. The Morgan fingerprint density at radius 3 is 2.55 bits per heavy atom. The first-order valence-electron chi connectivity index (χ1n) is 10.8. The Bertz CT molecular complexity index is 1210. The van der Waals surface area contributed by atoms with Crippen LogP contribution in [0, 0.1) is 6.92 Å². The second kappa shape index (κ2) is 10.7. The molecular weight excluding hydrogens is 442 g/mol. The average molecular weight is 474 g/mol. The van der Waals surface area contributed by atoms with Crippen LogP contribution >= 0.6 is 0 Å². The van der Waals surface area contributed by atoms with E-state index < -0.39 is 16.0 Å². The molecule has 0 amide bonds. The third-order valence-corrected chi connectivity index (χ3v) is 6.18. The SMILES string of the molecule is COc1cc(C)c2[nH]ccc2c1CN1CCCCC1.CS(=O)(=O)Nc1cccc(C(=O)O)c1. The van der Waals surface area contributed by atoms with Gasteiger partial charge in [0, 0.05) is 34.9 Å². The molecule has 0 bridgehead atoms. The van der Waals surface area contributed by atoms with Gasteiger partial charge in [0.25, 0.3) is 0 Å². The fourth-order valence-corrected chi connectivity index (χ4v) is 4.61. The zero-order chi connectivity index (χ0) is 24.0. The zero-order valence-corrected chi connectivity index (χ0v) is 20.0. The highest BCUT2D eigenvalue weighted by atomic mass is 32.2. The van der Waals surface area contributed by atoms with E-state index in [1.807, 2.05) is 6.20 Å². The molecule has 0 radical (unpaired) electrons. The Balaban J connectivity index is 0.000000196. The van der Waals surface area contributed by atoms with Gasteiger partial charge in [-0.15, -0.1) is 0 Å². The summed E-state index contributed by atoms with van der Waals surface area (Å²) in [6.45, 7) is 5.55. The lowest BCUT2D eigenvalue weighted by molar-refractivity contribution is 0.0697. The minimum Gasteiger partial charge on any atom is -0.496 e. The first kappa shape index (κ1) is 24.6. The van der Waals surface area contributed by atoms with E-state index in [1.165, 1.54) is 78.6 Å². The molecule has 9 heteroatoms. The maximum absolute atomic E-state index is 10.8. The summed E-state index contributed by atoms with van der Waals surface area (Å²) in [4.78, 5) is 16.4. The van der Waals surface area contributed by atoms with Crippen molar-refractivity contribution in [3.8, 4) is 5.75 Å². The normalized spacial score (nSPS) is 14.4. The number of H-pyrrole nitrogens is 1. The summed E-state index contributed by atoms with van der Waals surface area (Å²) in [5.74, 6) is -0.0719. The van der Waals surface area contributed by atoms with Crippen molar-refractivity contribution >= 4 is 32.6 Å². The van der Waals surface area contributed by atoms with Gasteiger partial charge in [0.2, 0.25) is 10.0 Å². The molecule has 1 aliphatic heterocycles. The van der Waals surface area contributed by atoms with Crippen LogP contribution in [0.3, 0.4) is 0 Å². The van der Waals surface area contributed by atoms with Crippen LogP contribution in [-0.2, 0) is 16.6 Å². The van der Waals surface area contributed by atoms with Gasteiger partial charge < -0.3 is 14.8 Å². The summed E-state index contributed by atoms with van der Waals surface area (Å²) >= 11 is 0. The van der Waals surface area contributed by atoms with Crippen molar-refractivity contribution in [3.63, 3.8) is 0 Å². The van der Waals surface area contributed by atoms with Crippen molar-refractivity contribution in [3.05, 3.63) is 59.3 Å². The number of ether oxygens (including phenoxy) is 1. The van der Waals surface area contributed by atoms with Gasteiger partial charge in [0.1, 0.15) is 5.75 Å².